The van der Waals surface area contributed by atoms with Crippen LogP contribution in [0, 0.1) is 0 Å². The molecular weight excluding hydrogens is 725 g/mol. The zero-order valence-electron chi connectivity index (χ0n) is 37.4. The van der Waals surface area contributed by atoms with Crippen LogP contribution in [0.25, 0.3) is 0 Å². The maximum absolute atomic E-state index is 12.7. The minimum atomic E-state index is -4.37. The van der Waals surface area contributed by atoms with E-state index in [2.05, 4.69) is 26.0 Å². The molecule has 0 bridgehead atoms. The Morgan fingerprint density at radius 3 is 1.32 bits per heavy atom. The number of likely N-dealkylation sites (N-methyl/N-ethyl adjacent to an activating group) is 1. The fourth-order valence-corrected chi connectivity index (χ4v) is 7.34. The lowest BCUT2D eigenvalue weighted by Gasteiger charge is -2.24. The van der Waals surface area contributed by atoms with Crippen LogP contribution in [0.15, 0.2) is 12.2 Å². The van der Waals surface area contributed by atoms with E-state index in [1.165, 1.54) is 154 Å². The largest absolute Gasteiger partial charge is 0.472 e. The Kier molecular flexibility index (Phi) is 38.3. The number of carbonyl (C=O) groups is 2. The third-order valence-corrected chi connectivity index (χ3v) is 11.3. The molecule has 9 nitrogen and oxygen atoms in total. The van der Waals surface area contributed by atoms with Gasteiger partial charge in [0.15, 0.2) is 6.10 Å². The van der Waals surface area contributed by atoms with Crippen molar-refractivity contribution >= 4 is 19.8 Å². The highest BCUT2D eigenvalue weighted by molar-refractivity contribution is 7.47. The molecule has 332 valence electrons. The van der Waals surface area contributed by atoms with Gasteiger partial charge in [-0.25, -0.2) is 4.57 Å². The molecule has 0 saturated carbocycles. The highest BCUT2D eigenvalue weighted by Gasteiger charge is 2.27. The number of phosphoric ester groups is 1. The number of rotatable bonds is 43. The minimum Gasteiger partial charge on any atom is -0.462 e. The summed E-state index contributed by atoms with van der Waals surface area (Å²) in [6.07, 6.45) is 41.2. The van der Waals surface area contributed by atoms with Gasteiger partial charge in [-0.2, -0.15) is 0 Å². The maximum Gasteiger partial charge on any atom is 0.472 e. The lowest BCUT2D eigenvalue weighted by Crippen LogP contribution is -2.37. The van der Waals surface area contributed by atoms with Crippen LogP contribution in [-0.2, 0) is 32.7 Å². The smallest absolute Gasteiger partial charge is 0.462 e. The van der Waals surface area contributed by atoms with Gasteiger partial charge < -0.3 is 18.9 Å². The number of esters is 2. The zero-order valence-corrected chi connectivity index (χ0v) is 38.3. The molecule has 0 saturated heterocycles. The molecule has 0 aliphatic carbocycles. The van der Waals surface area contributed by atoms with Crippen LogP contribution < -0.4 is 0 Å². The van der Waals surface area contributed by atoms with Crippen molar-refractivity contribution in [1.82, 2.24) is 0 Å². The number of quaternary nitrogens is 1. The van der Waals surface area contributed by atoms with E-state index in [-0.39, 0.29) is 25.6 Å². The van der Waals surface area contributed by atoms with E-state index < -0.39 is 26.5 Å². The zero-order chi connectivity index (χ0) is 41.4. The molecule has 1 unspecified atom stereocenters. The average molecular weight is 817 g/mol. The van der Waals surface area contributed by atoms with Gasteiger partial charge in [-0.05, 0) is 38.5 Å². The van der Waals surface area contributed by atoms with Crippen molar-refractivity contribution in [1.29, 1.82) is 0 Å². The number of carbonyl (C=O) groups excluding carboxylic acids is 2. The molecule has 0 aromatic rings. The van der Waals surface area contributed by atoms with Crippen LogP contribution in [0.2, 0.25) is 0 Å². The molecule has 0 heterocycles. The molecule has 0 fully saturated rings. The Labute approximate surface area is 346 Å². The Hall–Kier alpha value is -1.25. The van der Waals surface area contributed by atoms with Crippen LogP contribution in [0.5, 0.6) is 0 Å². The van der Waals surface area contributed by atoms with Crippen LogP contribution in [0.3, 0.4) is 0 Å². The molecule has 0 spiro atoms. The minimum absolute atomic E-state index is 0.0350. The van der Waals surface area contributed by atoms with E-state index in [1.54, 1.807) is 0 Å². The third kappa shape index (κ3) is 42.4. The lowest BCUT2D eigenvalue weighted by molar-refractivity contribution is -0.870. The van der Waals surface area contributed by atoms with Crippen LogP contribution in [0.4, 0.5) is 0 Å². The van der Waals surface area contributed by atoms with Crippen molar-refractivity contribution in [3.63, 3.8) is 0 Å². The summed E-state index contributed by atoms with van der Waals surface area (Å²) in [7, 11) is 1.49. The molecule has 10 heteroatoms. The number of nitrogens with zero attached hydrogens (tertiary/aromatic N) is 1. The van der Waals surface area contributed by atoms with E-state index in [9.17, 15) is 19.0 Å². The van der Waals surface area contributed by atoms with E-state index in [0.29, 0.717) is 23.9 Å². The topological polar surface area (TPSA) is 108 Å². The van der Waals surface area contributed by atoms with Gasteiger partial charge in [0.05, 0.1) is 27.7 Å². The molecule has 0 rings (SSSR count). The summed E-state index contributed by atoms with van der Waals surface area (Å²) in [5.41, 5.74) is 0. The maximum atomic E-state index is 12.7. The molecule has 2 atom stereocenters. The molecule has 0 aliphatic heterocycles. The van der Waals surface area contributed by atoms with Gasteiger partial charge >= 0.3 is 19.8 Å². The quantitative estimate of drug-likeness (QED) is 0.0213. The summed E-state index contributed by atoms with van der Waals surface area (Å²) >= 11 is 0. The lowest BCUT2D eigenvalue weighted by atomic mass is 10.0. The Morgan fingerprint density at radius 2 is 0.911 bits per heavy atom. The highest BCUT2D eigenvalue weighted by Crippen LogP contribution is 2.43. The Balaban J connectivity index is 4.20. The number of ether oxygens (including phenoxy) is 2. The summed E-state index contributed by atoms with van der Waals surface area (Å²) in [6, 6.07) is 0. The van der Waals surface area contributed by atoms with E-state index in [1.807, 2.05) is 21.1 Å². The first-order valence-corrected chi connectivity index (χ1v) is 24.9. The molecule has 0 radical (unpaired) electrons. The fraction of sp³-hybridized carbons (Fsp3) is 0.913. The first-order chi connectivity index (χ1) is 27.0. The summed E-state index contributed by atoms with van der Waals surface area (Å²) in [5, 5.41) is 0. The van der Waals surface area contributed by atoms with Crippen LogP contribution >= 0.6 is 7.82 Å². The molecule has 0 aliphatic rings. The summed E-state index contributed by atoms with van der Waals surface area (Å²) in [5.74, 6) is -0.790. The van der Waals surface area contributed by atoms with E-state index >= 15 is 0 Å². The predicted octanol–water partition coefficient (Wildman–Crippen LogP) is 13.4. The number of hydrogen-bond acceptors (Lipinski definition) is 7. The van der Waals surface area contributed by atoms with Gasteiger partial charge in [-0.1, -0.05) is 180 Å². The van der Waals surface area contributed by atoms with Crippen molar-refractivity contribution in [2.45, 2.75) is 225 Å². The Bertz CT molecular complexity index is 969. The van der Waals surface area contributed by atoms with Gasteiger partial charge in [0.1, 0.15) is 19.8 Å². The SMILES string of the molecule is CCCCCCCC/C=C/CCCCCCCCCCCCCC(=O)OC[C@@H](COP(=O)(O)OCC[N+](C)(C)C)OC(=O)CCCCCCCCCCCCC. The first-order valence-electron chi connectivity index (χ1n) is 23.4. The van der Waals surface area contributed by atoms with Gasteiger partial charge in [0.25, 0.3) is 0 Å². The van der Waals surface area contributed by atoms with Crippen molar-refractivity contribution in [3.05, 3.63) is 12.2 Å². The number of allylic oxidation sites excluding steroid dienone is 2. The van der Waals surface area contributed by atoms with Crippen molar-refractivity contribution in [2.75, 3.05) is 47.5 Å². The molecule has 1 N–H and O–H groups in total. The first kappa shape index (κ1) is 54.8. The van der Waals surface area contributed by atoms with Gasteiger partial charge in [0.2, 0.25) is 0 Å². The molecule has 56 heavy (non-hydrogen) atoms. The second-order valence-corrected chi connectivity index (χ2v) is 18.6. The number of phosphoric acid groups is 1. The monoisotopic (exact) mass is 817 g/mol. The Morgan fingerprint density at radius 1 is 0.536 bits per heavy atom. The van der Waals surface area contributed by atoms with E-state index in [0.717, 1.165) is 32.1 Å². The highest BCUT2D eigenvalue weighted by atomic mass is 31.2. The molecule has 0 aromatic carbocycles. The van der Waals surface area contributed by atoms with Crippen LogP contribution in [-0.4, -0.2) is 74.9 Å². The number of hydrogen-bond donors (Lipinski definition) is 1. The number of unbranched alkanes of at least 4 members (excludes halogenated alkanes) is 27. The third-order valence-electron chi connectivity index (χ3n) is 10.3. The van der Waals surface area contributed by atoms with Crippen LogP contribution in [0.1, 0.15) is 219 Å². The second kappa shape index (κ2) is 39.2. The van der Waals surface area contributed by atoms with Crippen molar-refractivity contribution in [2.24, 2.45) is 0 Å². The van der Waals surface area contributed by atoms with Crippen molar-refractivity contribution in [3.8, 4) is 0 Å². The van der Waals surface area contributed by atoms with Gasteiger partial charge in [-0.15, -0.1) is 0 Å². The average Bonchev–Trinajstić information content (AvgIpc) is 3.15. The second-order valence-electron chi connectivity index (χ2n) is 17.1. The summed E-state index contributed by atoms with van der Waals surface area (Å²) < 4.78 is 34.3. The van der Waals surface area contributed by atoms with Crippen molar-refractivity contribution < 1.29 is 42.1 Å². The molecule has 0 amide bonds. The molecular formula is C46H91NO8P+. The van der Waals surface area contributed by atoms with E-state index in [4.69, 9.17) is 18.5 Å². The summed E-state index contributed by atoms with van der Waals surface area (Å²) in [4.78, 5) is 35.3. The fourth-order valence-electron chi connectivity index (χ4n) is 6.60. The normalized spacial score (nSPS) is 13.6. The summed E-state index contributed by atoms with van der Waals surface area (Å²) in [6.45, 7) is 4.44. The molecule has 0 aromatic heterocycles. The van der Waals surface area contributed by atoms with Gasteiger partial charge in [-0.3, -0.25) is 18.6 Å². The standard InChI is InChI=1S/C46H90NO8P/c1-6-8-10-12-14-16-18-19-20-21-22-23-24-25-26-27-29-30-32-34-36-38-45(48)52-42-44(43-54-56(50,51)53-41-40-47(3,4)5)55-46(49)39-37-35-33-31-28-17-15-13-11-9-7-2/h19-20,44H,6-18,21-43H2,1-5H3/p+1/b20-19+/t44-/m0/s1. The predicted molar refractivity (Wildman–Crippen MR) is 234 cm³/mol. The van der Waals surface area contributed by atoms with Gasteiger partial charge in [0, 0.05) is 12.8 Å².